The summed E-state index contributed by atoms with van der Waals surface area (Å²) >= 11 is 0. The van der Waals surface area contributed by atoms with E-state index in [9.17, 15) is 13.2 Å². The van der Waals surface area contributed by atoms with Crippen LogP contribution in [0.1, 0.15) is 36.0 Å². The summed E-state index contributed by atoms with van der Waals surface area (Å²) in [7, 11) is -3.04. The minimum Gasteiger partial charge on any atom is -0.441 e. The van der Waals surface area contributed by atoms with Crippen molar-refractivity contribution >= 4 is 21.6 Å². The fourth-order valence-electron chi connectivity index (χ4n) is 3.56. The van der Waals surface area contributed by atoms with E-state index in [4.69, 9.17) is 4.42 Å². The highest BCUT2D eigenvalue weighted by molar-refractivity contribution is 7.91. The molecule has 0 aliphatic carbocycles. The van der Waals surface area contributed by atoms with E-state index in [1.54, 1.807) is 16.9 Å². The number of aryl methyl sites for hydroxylation is 3. The predicted octanol–water partition coefficient (Wildman–Crippen LogP) is 3.09. The van der Waals surface area contributed by atoms with Gasteiger partial charge in [-0.25, -0.2) is 18.1 Å². The Labute approximate surface area is 175 Å². The number of benzene rings is 1. The van der Waals surface area contributed by atoms with Crippen molar-refractivity contribution in [2.45, 2.75) is 39.2 Å². The largest absolute Gasteiger partial charge is 0.441 e. The lowest BCUT2D eigenvalue weighted by atomic mass is 10.1. The standard InChI is InChI=1S/C21H24N4O4S/c1-14-3-5-16(6-4-14)18-12-22-21(29-18)8-7-20(26)23-19-11-15(2)24-25(19)17-9-10-30(27,28)13-17/h3-6,11-12,17H,7-10,13H2,1-2H3,(H,23,26). The summed E-state index contributed by atoms with van der Waals surface area (Å²) in [6.45, 7) is 3.84. The third-order valence-electron chi connectivity index (χ3n) is 5.14. The van der Waals surface area contributed by atoms with Gasteiger partial charge in [-0.3, -0.25) is 4.79 Å². The minimum atomic E-state index is -3.04. The van der Waals surface area contributed by atoms with Gasteiger partial charge in [-0.2, -0.15) is 5.10 Å². The molecule has 4 rings (SSSR count). The van der Waals surface area contributed by atoms with Gasteiger partial charge in [0.05, 0.1) is 29.4 Å². The zero-order valence-electron chi connectivity index (χ0n) is 17.0. The molecule has 2 aromatic heterocycles. The van der Waals surface area contributed by atoms with E-state index in [2.05, 4.69) is 15.4 Å². The Morgan fingerprint density at radius 3 is 2.73 bits per heavy atom. The zero-order chi connectivity index (χ0) is 21.3. The lowest BCUT2D eigenvalue weighted by molar-refractivity contribution is -0.116. The normalized spacial score (nSPS) is 17.9. The molecule has 0 spiro atoms. The Morgan fingerprint density at radius 1 is 1.27 bits per heavy atom. The molecule has 1 aromatic carbocycles. The van der Waals surface area contributed by atoms with Crippen molar-refractivity contribution in [3.8, 4) is 11.3 Å². The molecule has 9 heteroatoms. The molecule has 1 unspecified atom stereocenters. The second-order valence-electron chi connectivity index (χ2n) is 7.70. The number of aromatic nitrogens is 3. The predicted molar refractivity (Wildman–Crippen MR) is 113 cm³/mol. The summed E-state index contributed by atoms with van der Waals surface area (Å²) in [5.41, 5.74) is 2.83. The lowest BCUT2D eigenvalue weighted by Gasteiger charge is -2.13. The van der Waals surface area contributed by atoms with Crippen LogP contribution in [0.15, 0.2) is 40.9 Å². The Balaban J connectivity index is 1.37. The van der Waals surface area contributed by atoms with Gasteiger partial charge in [-0.1, -0.05) is 29.8 Å². The molecule has 3 aromatic rings. The highest BCUT2D eigenvalue weighted by Crippen LogP contribution is 2.27. The van der Waals surface area contributed by atoms with Gasteiger partial charge in [0.15, 0.2) is 21.5 Å². The number of nitrogens with one attached hydrogen (secondary N) is 1. The van der Waals surface area contributed by atoms with Crippen LogP contribution in [-0.4, -0.2) is 40.6 Å². The number of nitrogens with zero attached hydrogens (tertiary/aromatic N) is 3. The Hall–Kier alpha value is -2.94. The third kappa shape index (κ3) is 4.62. The molecule has 1 amide bonds. The molecule has 1 aliphatic rings. The van der Waals surface area contributed by atoms with E-state index >= 15 is 0 Å². The van der Waals surface area contributed by atoms with Gasteiger partial charge in [-0.15, -0.1) is 0 Å². The summed E-state index contributed by atoms with van der Waals surface area (Å²) in [6.07, 6.45) is 2.73. The number of sulfone groups is 1. The van der Waals surface area contributed by atoms with Gasteiger partial charge >= 0.3 is 0 Å². The van der Waals surface area contributed by atoms with Crippen LogP contribution in [0.2, 0.25) is 0 Å². The summed E-state index contributed by atoms with van der Waals surface area (Å²) in [4.78, 5) is 16.7. The highest BCUT2D eigenvalue weighted by Gasteiger charge is 2.31. The van der Waals surface area contributed by atoms with Gasteiger partial charge in [0.25, 0.3) is 0 Å². The molecule has 1 saturated heterocycles. The molecule has 0 saturated carbocycles. The molecule has 1 aliphatic heterocycles. The first-order chi connectivity index (χ1) is 14.3. The maximum absolute atomic E-state index is 12.5. The number of hydrogen-bond donors (Lipinski definition) is 1. The number of anilines is 1. The van der Waals surface area contributed by atoms with Crippen LogP contribution < -0.4 is 5.32 Å². The van der Waals surface area contributed by atoms with Gasteiger partial charge in [-0.05, 0) is 20.3 Å². The molecule has 0 radical (unpaired) electrons. The van der Waals surface area contributed by atoms with Crippen LogP contribution in [0, 0.1) is 13.8 Å². The number of oxazole rings is 1. The van der Waals surface area contributed by atoms with Crippen LogP contribution in [0.5, 0.6) is 0 Å². The van der Waals surface area contributed by atoms with Crippen LogP contribution in [0.4, 0.5) is 5.82 Å². The number of rotatable bonds is 6. The average Bonchev–Trinajstić information content (AvgIpc) is 3.39. The molecule has 0 bridgehead atoms. The number of amides is 1. The number of hydrogen-bond acceptors (Lipinski definition) is 6. The first-order valence-electron chi connectivity index (χ1n) is 9.87. The maximum atomic E-state index is 12.5. The SMILES string of the molecule is Cc1ccc(-c2cnc(CCC(=O)Nc3cc(C)nn3C3CCS(=O)(=O)C3)o2)cc1. The molecule has 3 heterocycles. The lowest BCUT2D eigenvalue weighted by Crippen LogP contribution is -2.19. The fourth-order valence-corrected chi connectivity index (χ4v) is 5.25. The molecule has 1 N–H and O–H groups in total. The molecule has 1 fully saturated rings. The molecular formula is C21H24N4O4S. The first kappa shape index (κ1) is 20.3. The van der Waals surface area contributed by atoms with E-state index < -0.39 is 9.84 Å². The van der Waals surface area contributed by atoms with Gasteiger partial charge in [0.2, 0.25) is 5.91 Å². The van der Waals surface area contributed by atoms with Crippen molar-refractivity contribution in [2.75, 3.05) is 16.8 Å². The molecule has 158 valence electrons. The van der Waals surface area contributed by atoms with E-state index in [1.165, 1.54) is 5.56 Å². The maximum Gasteiger partial charge on any atom is 0.226 e. The smallest absolute Gasteiger partial charge is 0.226 e. The summed E-state index contributed by atoms with van der Waals surface area (Å²) in [5.74, 6) is 1.68. The van der Waals surface area contributed by atoms with Crippen LogP contribution in [0.25, 0.3) is 11.3 Å². The van der Waals surface area contributed by atoms with Crippen LogP contribution in [0.3, 0.4) is 0 Å². The second-order valence-corrected chi connectivity index (χ2v) is 9.93. The zero-order valence-corrected chi connectivity index (χ0v) is 17.8. The molecule has 30 heavy (non-hydrogen) atoms. The van der Waals surface area contributed by atoms with Crippen molar-refractivity contribution in [3.63, 3.8) is 0 Å². The van der Waals surface area contributed by atoms with Crippen molar-refractivity contribution in [1.29, 1.82) is 0 Å². The summed E-state index contributed by atoms with van der Waals surface area (Å²) in [6, 6.07) is 9.46. The summed E-state index contributed by atoms with van der Waals surface area (Å²) < 4.78 is 31.0. The first-order valence-corrected chi connectivity index (χ1v) is 11.7. The Morgan fingerprint density at radius 2 is 2.03 bits per heavy atom. The van der Waals surface area contributed by atoms with Crippen LogP contribution >= 0.6 is 0 Å². The van der Waals surface area contributed by atoms with Gasteiger partial charge in [0, 0.05) is 24.5 Å². The van der Waals surface area contributed by atoms with Gasteiger partial charge < -0.3 is 9.73 Å². The van der Waals surface area contributed by atoms with Crippen molar-refractivity contribution in [2.24, 2.45) is 0 Å². The van der Waals surface area contributed by atoms with E-state index in [0.717, 1.165) is 11.3 Å². The average molecular weight is 429 g/mol. The quantitative estimate of drug-likeness (QED) is 0.647. The second kappa shape index (κ2) is 8.06. The Bertz CT molecular complexity index is 1160. The highest BCUT2D eigenvalue weighted by atomic mass is 32.2. The van der Waals surface area contributed by atoms with E-state index in [-0.39, 0.29) is 29.9 Å². The number of carbonyl (C=O) groups excluding carboxylic acids is 1. The number of carbonyl (C=O) groups is 1. The van der Waals surface area contributed by atoms with Crippen LogP contribution in [-0.2, 0) is 21.1 Å². The minimum absolute atomic E-state index is 0.0507. The van der Waals surface area contributed by atoms with Crippen molar-refractivity contribution in [1.82, 2.24) is 14.8 Å². The molecular weight excluding hydrogens is 404 g/mol. The Kier molecular flexibility index (Phi) is 5.46. The monoisotopic (exact) mass is 428 g/mol. The van der Waals surface area contributed by atoms with Crippen molar-refractivity contribution in [3.05, 3.63) is 53.7 Å². The van der Waals surface area contributed by atoms with Crippen molar-refractivity contribution < 1.29 is 17.6 Å². The summed E-state index contributed by atoms with van der Waals surface area (Å²) in [5, 5.41) is 7.23. The topological polar surface area (TPSA) is 107 Å². The van der Waals surface area contributed by atoms with Gasteiger partial charge in [0.1, 0.15) is 5.82 Å². The molecule has 1 atom stereocenters. The third-order valence-corrected chi connectivity index (χ3v) is 6.89. The fraction of sp³-hybridized carbons (Fsp3) is 0.381. The molecule has 8 nitrogen and oxygen atoms in total. The van der Waals surface area contributed by atoms with E-state index in [1.807, 2.05) is 38.1 Å². The van der Waals surface area contributed by atoms with E-state index in [0.29, 0.717) is 30.3 Å².